The predicted octanol–water partition coefficient (Wildman–Crippen LogP) is 0.393. The minimum absolute atomic E-state index is 0.878. The molecule has 0 amide bonds. The van der Waals surface area contributed by atoms with Crippen molar-refractivity contribution in [3.05, 3.63) is 11.8 Å². The Morgan fingerprint density at radius 3 is 2.83 bits per heavy atom. The van der Waals surface area contributed by atoms with Crippen LogP contribution < -0.4 is 10.2 Å². The third-order valence-electron chi connectivity index (χ3n) is 2.06. The maximum absolute atomic E-state index is 5.01. The van der Waals surface area contributed by atoms with E-state index in [2.05, 4.69) is 15.4 Å². The molecule has 1 aliphatic heterocycles. The Hall–Kier alpha value is -1.03. The Kier molecular flexibility index (Phi) is 1.99. The van der Waals surface area contributed by atoms with E-state index in [9.17, 15) is 0 Å². The van der Waals surface area contributed by atoms with Crippen molar-refractivity contribution < 1.29 is 4.52 Å². The first kappa shape index (κ1) is 7.61. The van der Waals surface area contributed by atoms with Crippen LogP contribution in [0.4, 0.5) is 5.82 Å². The molecule has 0 atom stereocenters. The van der Waals surface area contributed by atoms with Crippen molar-refractivity contribution in [3.63, 3.8) is 0 Å². The average Bonchev–Trinajstić information content (AvgIpc) is 2.54. The summed E-state index contributed by atoms with van der Waals surface area (Å²) in [6, 6.07) is 1.98. The number of hydrogen-bond acceptors (Lipinski definition) is 4. The summed E-state index contributed by atoms with van der Waals surface area (Å²) >= 11 is 0. The maximum atomic E-state index is 5.01. The van der Waals surface area contributed by atoms with Crippen LogP contribution in [0.15, 0.2) is 10.6 Å². The molecule has 1 fully saturated rings. The number of anilines is 1. The van der Waals surface area contributed by atoms with Gasteiger partial charge in [0.1, 0.15) is 5.76 Å². The summed E-state index contributed by atoms with van der Waals surface area (Å²) < 4.78 is 5.01. The molecule has 4 heteroatoms. The van der Waals surface area contributed by atoms with E-state index in [4.69, 9.17) is 4.52 Å². The van der Waals surface area contributed by atoms with E-state index in [0.717, 1.165) is 37.8 Å². The van der Waals surface area contributed by atoms with E-state index < -0.39 is 0 Å². The van der Waals surface area contributed by atoms with E-state index in [1.54, 1.807) is 0 Å². The summed E-state index contributed by atoms with van der Waals surface area (Å²) in [5.41, 5.74) is 0. The SMILES string of the molecule is Cc1cc(N2CCNCC2)no1. The Morgan fingerprint density at radius 2 is 2.25 bits per heavy atom. The fourth-order valence-electron chi connectivity index (χ4n) is 1.40. The summed E-state index contributed by atoms with van der Waals surface area (Å²) in [6.07, 6.45) is 0. The van der Waals surface area contributed by atoms with Crippen LogP contribution in [-0.4, -0.2) is 31.3 Å². The molecule has 66 valence electrons. The third kappa shape index (κ3) is 1.43. The normalized spacial score (nSPS) is 18.2. The summed E-state index contributed by atoms with van der Waals surface area (Å²) in [5, 5.41) is 7.25. The van der Waals surface area contributed by atoms with Crippen LogP contribution in [-0.2, 0) is 0 Å². The highest BCUT2D eigenvalue weighted by atomic mass is 16.5. The van der Waals surface area contributed by atoms with Gasteiger partial charge in [0, 0.05) is 32.2 Å². The molecule has 0 spiro atoms. The number of piperazine rings is 1. The summed E-state index contributed by atoms with van der Waals surface area (Å²) in [5.74, 6) is 1.84. The fraction of sp³-hybridized carbons (Fsp3) is 0.625. The second kappa shape index (κ2) is 3.15. The van der Waals surface area contributed by atoms with Crippen LogP contribution in [0, 0.1) is 6.92 Å². The van der Waals surface area contributed by atoms with Crippen molar-refractivity contribution in [2.45, 2.75) is 6.92 Å². The van der Waals surface area contributed by atoms with Crippen LogP contribution in [0.25, 0.3) is 0 Å². The molecular weight excluding hydrogens is 154 g/mol. The molecule has 1 N–H and O–H groups in total. The van der Waals surface area contributed by atoms with Crippen molar-refractivity contribution in [2.24, 2.45) is 0 Å². The molecule has 0 unspecified atom stereocenters. The molecule has 4 nitrogen and oxygen atoms in total. The van der Waals surface area contributed by atoms with Crippen molar-refractivity contribution in [1.82, 2.24) is 10.5 Å². The van der Waals surface area contributed by atoms with Gasteiger partial charge in [-0.1, -0.05) is 5.16 Å². The lowest BCUT2D eigenvalue weighted by atomic mass is 10.3. The van der Waals surface area contributed by atoms with Crippen LogP contribution in [0.5, 0.6) is 0 Å². The van der Waals surface area contributed by atoms with E-state index in [1.165, 1.54) is 0 Å². The lowest BCUT2D eigenvalue weighted by molar-refractivity contribution is 0.395. The molecule has 0 saturated carbocycles. The highest BCUT2D eigenvalue weighted by Crippen LogP contribution is 2.13. The van der Waals surface area contributed by atoms with Crippen LogP contribution in [0.3, 0.4) is 0 Å². The van der Waals surface area contributed by atoms with Gasteiger partial charge in [-0.2, -0.15) is 0 Å². The minimum atomic E-state index is 0.878. The number of nitrogens with zero attached hydrogens (tertiary/aromatic N) is 2. The molecule has 1 aromatic heterocycles. The molecule has 1 aliphatic rings. The molecule has 0 bridgehead atoms. The highest BCUT2D eigenvalue weighted by Gasteiger charge is 2.13. The lowest BCUT2D eigenvalue weighted by Crippen LogP contribution is -2.43. The van der Waals surface area contributed by atoms with E-state index in [0.29, 0.717) is 0 Å². The van der Waals surface area contributed by atoms with Gasteiger partial charge in [0.2, 0.25) is 0 Å². The highest BCUT2D eigenvalue weighted by molar-refractivity contribution is 5.38. The summed E-state index contributed by atoms with van der Waals surface area (Å²) in [6.45, 7) is 6.02. The second-order valence-corrected chi connectivity index (χ2v) is 3.03. The minimum Gasteiger partial charge on any atom is -0.360 e. The zero-order chi connectivity index (χ0) is 8.39. The second-order valence-electron chi connectivity index (χ2n) is 3.03. The van der Waals surface area contributed by atoms with Gasteiger partial charge >= 0.3 is 0 Å². The smallest absolute Gasteiger partial charge is 0.172 e. The molecule has 12 heavy (non-hydrogen) atoms. The zero-order valence-corrected chi connectivity index (χ0v) is 7.21. The van der Waals surface area contributed by atoms with Gasteiger partial charge in [0.15, 0.2) is 5.82 Å². The zero-order valence-electron chi connectivity index (χ0n) is 7.21. The van der Waals surface area contributed by atoms with Gasteiger partial charge in [0.05, 0.1) is 0 Å². The van der Waals surface area contributed by atoms with Crippen molar-refractivity contribution in [2.75, 3.05) is 31.1 Å². The van der Waals surface area contributed by atoms with E-state index in [1.807, 2.05) is 13.0 Å². The molecule has 1 saturated heterocycles. The molecule has 0 aliphatic carbocycles. The molecule has 0 aromatic carbocycles. The molecule has 0 radical (unpaired) electrons. The first-order valence-corrected chi connectivity index (χ1v) is 4.25. The van der Waals surface area contributed by atoms with E-state index in [-0.39, 0.29) is 0 Å². The van der Waals surface area contributed by atoms with E-state index >= 15 is 0 Å². The molecule has 2 heterocycles. The molecular formula is C8H13N3O. The molecule has 1 aromatic rings. The number of rotatable bonds is 1. The Labute approximate surface area is 71.5 Å². The Bertz CT molecular complexity index is 253. The molecule has 2 rings (SSSR count). The Morgan fingerprint density at radius 1 is 1.50 bits per heavy atom. The Balaban J connectivity index is 2.08. The van der Waals surface area contributed by atoms with Crippen LogP contribution in [0.1, 0.15) is 5.76 Å². The number of aryl methyl sites for hydroxylation is 1. The summed E-state index contributed by atoms with van der Waals surface area (Å²) in [4.78, 5) is 2.23. The van der Waals surface area contributed by atoms with Gasteiger partial charge in [-0.25, -0.2) is 0 Å². The lowest BCUT2D eigenvalue weighted by Gasteiger charge is -2.26. The quantitative estimate of drug-likeness (QED) is 0.657. The van der Waals surface area contributed by atoms with Gasteiger partial charge in [-0.15, -0.1) is 0 Å². The van der Waals surface area contributed by atoms with Crippen molar-refractivity contribution in [3.8, 4) is 0 Å². The van der Waals surface area contributed by atoms with Gasteiger partial charge in [-0.05, 0) is 6.92 Å². The number of aromatic nitrogens is 1. The fourth-order valence-corrected chi connectivity index (χ4v) is 1.40. The standard InChI is InChI=1S/C8H13N3O/c1-7-6-8(10-12-7)11-4-2-9-3-5-11/h6,9H,2-5H2,1H3. The predicted molar refractivity (Wildman–Crippen MR) is 46.3 cm³/mol. The van der Waals surface area contributed by atoms with Crippen molar-refractivity contribution >= 4 is 5.82 Å². The van der Waals surface area contributed by atoms with Gasteiger partial charge in [-0.3, -0.25) is 0 Å². The monoisotopic (exact) mass is 167 g/mol. The van der Waals surface area contributed by atoms with Gasteiger partial charge < -0.3 is 14.7 Å². The maximum Gasteiger partial charge on any atom is 0.172 e. The number of nitrogens with one attached hydrogen (secondary N) is 1. The van der Waals surface area contributed by atoms with Crippen LogP contribution >= 0.6 is 0 Å². The number of hydrogen-bond donors (Lipinski definition) is 1. The van der Waals surface area contributed by atoms with Gasteiger partial charge in [0.25, 0.3) is 0 Å². The average molecular weight is 167 g/mol. The first-order valence-electron chi connectivity index (χ1n) is 4.25. The van der Waals surface area contributed by atoms with Crippen molar-refractivity contribution in [1.29, 1.82) is 0 Å². The largest absolute Gasteiger partial charge is 0.360 e. The third-order valence-corrected chi connectivity index (χ3v) is 2.06. The topological polar surface area (TPSA) is 41.3 Å². The first-order chi connectivity index (χ1) is 5.86. The summed E-state index contributed by atoms with van der Waals surface area (Å²) in [7, 11) is 0. The van der Waals surface area contributed by atoms with Crippen LogP contribution in [0.2, 0.25) is 0 Å².